The summed E-state index contributed by atoms with van der Waals surface area (Å²) in [7, 11) is 0. The van der Waals surface area contributed by atoms with Crippen molar-refractivity contribution in [2.24, 2.45) is 0 Å². The lowest BCUT2D eigenvalue weighted by atomic mass is 10.3. The number of phenols is 1. The Morgan fingerprint density at radius 3 is 2.30 bits per heavy atom. The maximum absolute atomic E-state index is 8.73. The van der Waals surface area contributed by atoms with Gasteiger partial charge in [-0.05, 0) is 18.2 Å². The van der Waals surface area contributed by atoms with Crippen LogP contribution in [0.2, 0.25) is 5.02 Å². The zero-order valence-electron chi connectivity index (χ0n) is 5.25. The van der Waals surface area contributed by atoms with Gasteiger partial charge in [0.25, 0.3) is 0 Å². The molecule has 0 unspecified atom stereocenters. The monoisotopic (exact) mass is 158 g/mol. The van der Waals surface area contributed by atoms with E-state index in [2.05, 4.69) is 0 Å². The fourth-order valence-corrected chi connectivity index (χ4v) is 0.661. The van der Waals surface area contributed by atoms with Crippen molar-refractivity contribution in [2.45, 2.75) is 0 Å². The summed E-state index contributed by atoms with van der Waals surface area (Å²) in [6.07, 6.45) is 0. The van der Waals surface area contributed by atoms with Crippen molar-refractivity contribution in [1.82, 2.24) is 0 Å². The van der Waals surface area contributed by atoms with Gasteiger partial charge in [-0.3, -0.25) is 0 Å². The average Bonchev–Trinajstić information content (AvgIpc) is 1.91. The Balaban J connectivity index is 0.000000371. The molecule has 0 atom stereocenters. The van der Waals surface area contributed by atoms with E-state index in [-0.39, 0.29) is 5.75 Å². The first-order chi connectivity index (χ1) is 4.79. The molecule has 10 heavy (non-hydrogen) atoms. The molecule has 0 fully saturated rings. The summed E-state index contributed by atoms with van der Waals surface area (Å²) in [5, 5.41) is 9.29. The fourth-order valence-electron chi connectivity index (χ4n) is 0.476. The van der Waals surface area contributed by atoms with Crippen molar-refractivity contribution in [3.8, 4) is 5.75 Å². The Bertz CT molecular complexity index is 183. The Morgan fingerprint density at radius 1 is 1.40 bits per heavy atom. The molecule has 0 aromatic heterocycles. The molecule has 0 spiro atoms. The third-order valence-electron chi connectivity index (χ3n) is 0.808. The summed E-state index contributed by atoms with van der Waals surface area (Å²) >= 11 is 5.48. The number of carbonyl (C=O) groups excluding carboxylic acids is 1. The highest BCUT2D eigenvalue weighted by Crippen LogP contribution is 2.14. The number of carbonyl (C=O) groups is 1. The van der Waals surface area contributed by atoms with Crippen LogP contribution in [0.25, 0.3) is 0 Å². The molecule has 54 valence electrons. The zero-order chi connectivity index (χ0) is 7.98. The number of rotatable bonds is 0. The first kappa shape index (κ1) is 8.98. The second-order valence-electron chi connectivity index (χ2n) is 1.48. The van der Waals surface area contributed by atoms with Crippen LogP contribution in [0.1, 0.15) is 0 Å². The Labute approximate surface area is 64.1 Å². The van der Waals surface area contributed by atoms with Gasteiger partial charge in [0.05, 0.1) is 0 Å². The number of halogens is 1. The van der Waals surface area contributed by atoms with Crippen LogP contribution in [0, 0.1) is 0 Å². The van der Waals surface area contributed by atoms with Crippen molar-refractivity contribution < 1.29 is 9.90 Å². The Hall–Kier alpha value is -1.02. The minimum absolute atomic E-state index is 0.206. The molecule has 1 aromatic carbocycles. The van der Waals surface area contributed by atoms with Gasteiger partial charge in [-0.1, -0.05) is 17.7 Å². The standard InChI is InChI=1S/C6H5ClO.CH2O/c7-5-2-1-3-6(8)4-5;1-2/h1-4,8H;1H2. The van der Waals surface area contributed by atoms with Gasteiger partial charge in [-0.2, -0.15) is 0 Å². The molecule has 2 nitrogen and oxygen atoms in total. The van der Waals surface area contributed by atoms with Gasteiger partial charge < -0.3 is 9.90 Å². The number of aromatic hydroxyl groups is 1. The van der Waals surface area contributed by atoms with Crippen LogP contribution in [-0.4, -0.2) is 11.9 Å². The predicted molar refractivity (Wildman–Crippen MR) is 40.2 cm³/mol. The van der Waals surface area contributed by atoms with E-state index in [9.17, 15) is 0 Å². The first-order valence-electron chi connectivity index (χ1n) is 2.52. The molecule has 0 heterocycles. The van der Waals surface area contributed by atoms with Crippen molar-refractivity contribution >= 4 is 18.4 Å². The van der Waals surface area contributed by atoms with Gasteiger partial charge in [-0.25, -0.2) is 0 Å². The normalized spacial score (nSPS) is 7.70. The van der Waals surface area contributed by atoms with Crippen LogP contribution < -0.4 is 0 Å². The van der Waals surface area contributed by atoms with E-state index in [1.165, 1.54) is 6.07 Å². The molecule has 0 aliphatic carbocycles. The number of hydrogen-bond acceptors (Lipinski definition) is 2. The molecule has 1 aromatic rings. The van der Waals surface area contributed by atoms with Gasteiger partial charge in [-0.15, -0.1) is 0 Å². The number of benzene rings is 1. The minimum Gasteiger partial charge on any atom is -0.508 e. The van der Waals surface area contributed by atoms with Crippen molar-refractivity contribution in [3.63, 3.8) is 0 Å². The summed E-state index contributed by atoms with van der Waals surface area (Å²) in [4.78, 5) is 8.00. The molecule has 1 rings (SSSR count). The molecule has 0 aliphatic heterocycles. The van der Waals surface area contributed by atoms with E-state index >= 15 is 0 Å². The second kappa shape index (κ2) is 4.82. The highest BCUT2D eigenvalue weighted by atomic mass is 35.5. The van der Waals surface area contributed by atoms with Crippen molar-refractivity contribution in [2.75, 3.05) is 0 Å². The van der Waals surface area contributed by atoms with Crippen LogP contribution in [0.4, 0.5) is 0 Å². The van der Waals surface area contributed by atoms with Crippen molar-refractivity contribution in [1.29, 1.82) is 0 Å². The van der Waals surface area contributed by atoms with E-state index in [1.54, 1.807) is 18.2 Å². The first-order valence-corrected chi connectivity index (χ1v) is 2.90. The molecular weight excluding hydrogens is 152 g/mol. The molecule has 0 saturated carbocycles. The molecule has 0 bridgehead atoms. The van der Waals surface area contributed by atoms with Gasteiger partial charge >= 0.3 is 0 Å². The van der Waals surface area contributed by atoms with Gasteiger partial charge in [0.15, 0.2) is 0 Å². The van der Waals surface area contributed by atoms with E-state index in [1.807, 2.05) is 6.79 Å². The van der Waals surface area contributed by atoms with Gasteiger partial charge in [0.2, 0.25) is 0 Å². The van der Waals surface area contributed by atoms with Crippen LogP contribution in [-0.2, 0) is 4.79 Å². The lowest BCUT2D eigenvalue weighted by Gasteiger charge is -1.88. The maximum atomic E-state index is 8.73. The molecule has 0 amide bonds. The van der Waals surface area contributed by atoms with Crippen LogP contribution in [0.15, 0.2) is 24.3 Å². The fraction of sp³-hybridized carbons (Fsp3) is 0. The summed E-state index contributed by atoms with van der Waals surface area (Å²) < 4.78 is 0. The Morgan fingerprint density at radius 2 is 2.00 bits per heavy atom. The molecule has 0 saturated heterocycles. The van der Waals surface area contributed by atoms with Crippen LogP contribution in [0.5, 0.6) is 5.75 Å². The van der Waals surface area contributed by atoms with E-state index in [4.69, 9.17) is 21.5 Å². The Kier molecular flexibility index (Phi) is 4.33. The average molecular weight is 159 g/mol. The lowest BCUT2D eigenvalue weighted by Crippen LogP contribution is -1.61. The molecule has 3 heteroatoms. The van der Waals surface area contributed by atoms with Crippen LogP contribution in [0.3, 0.4) is 0 Å². The second-order valence-corrected chi connectivity index (χ2v) is 1.92. The highest BCUT2D eigenvalue weighted by Gasteiger charge is 1.85. The summed E-state index contributed by atoms with van der Waals surface area (Å²) in [5.41, 5.74) is 0. The van der Waals surface area contributed by atoms with Crippen LogP contribution >= 0.6 is 11.6 Å². The van der Waals surface area contributed by atoms with E-state index < -0.39 is 0 Å². The lowest BCUT2D eigenvalue weighted by molar-refractivity contribution is -0.0979. The molecule has 0 aliphatic rings. The largest absolute Gasteiger partial charge is 0.508 e. The topological polar surface area (TPSA) is 37.3 Å². The summed E-state index contributed by atoms with van der Waals surface area (Å²) in [5.74, 6) is 0.206. The number of phenolic OH excluding ortho intramolecular Hbond substituents is 1. The maximum Gasteiger partial charge on any atom is 0.117 e. The molecular formula is C7H7ClO2. The van der Waals surface area contributed by atoms with E-state index in [0.29, 0.717) is 5.02 Å². The van der Waals surface area contributed by atoms with E-state index in [0.717, 1.165) is 0 Å². The van der Waals surface area contributed by atoms with Gasteiger partial charge in [0, 0.05) is 5.02 Å². The predicted octanol–water partition coefficient (Wildman–Crippen LogP) is 1.86. The summed E-state index contributed by atoms with van der Waals surface area (Å²) in [6, 6.07) is 6.46. The van der Waals surface area contributed by atoms with Gasteiger partial charge in [0.1, 0.15) is 12.5 Å². The molecule has 0 radical (unpaired) electrons. The third kappa shape index (κ3) is 3.10. The quantitative estimate of drug-likeness (QED) is 0.626. The van der Waals surface area contributed by atoms with Crippen molar-refractivity contribution in [3.05, 3.63) is 29.3 Å². The third-order valence-corrected chi connectivity index (χ3v) is 1.04. The highest BCUT2D eigenvalue weighted by molar-refractivity contribution is 6.30. The molecule has 1 N–H and O–H groups in total. The number of hydrogen-bond donors (Lipinski definition) is 1. The smallest absolute Gasteiger partial charge is 0.117 e. The summed E-state index contributed by atoms with van der Waals surface area (Å²) in [6.45, 7) is 2.00. The minimum atomic E-state index is 0.206. The zero-order valence-corrected chi connectivity index (χ0v) is 6.01. The SMILES string of the molecule is C=O.Oc1cccc(Cl)c1.